The third-order valence-electron chi connectivity index (χ3n) is 3.83. The first kappa shape index (κ1) is 14.9. The minimum absolute atomic E-state index is 0.759. The van der Waals surface area contributed by atoms with Crippen LogP contribution in [0.3, 0.4) is 0 Å². The van der Waals surface area contributed by atoms with Crippen LogP contribution in [0.2, 0.25) is 0 Å². The zero-order valence-electron chi connectivity index (χ0n) is 11.9. The van der Waals surface area contributed by atoms with E-state index in [2.05, 4.69) is 17.1 Å². The Morgan fingerprint density at radius 2 is 2.00 bits per heavy atom. The minimum atomic E-state index is 0.759. The van der Waals surface area contributed by atoms with Gasteiger partial charge in [0.1, 0.15) is 0 Å². The predicted octanol–water partition coefficient (Wildman–Crippen LogP) is 2.12. The standard InChI is InChI=1S/C14H30N2O/c1-13(14-7-8-14)16(11-12-17-3)10-6-4-5-9-15-2/h13-15H,4-12H2,1-3H3. The van der Waals surface area contributed by atoms with Crippen LogP contribution < -0.4 is 5.32 Å². The highest BCUT2D eigenvalue weighted by atomic mass is 16.5. The molecule has 1 atom stereocenters. The molecule has 0 heterocycles. The van der Waals surface area contributed by atoms with E-state index in [1.165, 1.54) is 38.6 Å². The number of nitrogens with zero attached hydrogens (tertiary/aromatic N) is 1. The molecule has 1 N–H and O–H groups in total. The molecular weight excluding hydrogens is 212 g/mol. The highest BCUT2D eigenvalue weighted by Gasteiger charge is 2.31. The van der Waals surface area contributed by atoms with Crippen molar-refractivity contribution < 1.29 is 4.74 Å². The lowest BCUT2D eigenvalue weighted by molar-refractivity contribution is 0.115. The average Bonchev–Trinajstić information content (AvgIpc) is 3.16. The van der Waals surface area contributed by atoms with Crippen molar-refractivity contribution in [3.63, 3.8) is 0 Å². The number of rotatable bonds is 11. The summed E-state index contributed by atoms with van der Waals surface area (Å²) in [5.41, 5.74) is 0. The van der Waals surface area contributed by atoms with Gasteiger partial charge in [0.2, 0.25) is 0 Å². The molecule has 0 aromatic rings. The number of hydrogen-bond acceptors (Lipinski definition) is 3. The molecule has 0 radical (unpaired) electrons. The van der Waals surface area contributed by atoms with Crippen molar-refractivity contribution in [2.45, 2.75) is 45.1 Å². The number of hydrogen-bond donors (Lipinski definition) is 1. The molecule has 0 aliphatic heterocycles. The lowest BCUT2D eigenvalue weighted by Gasteiger charge is -2.29. The van der Waals surface area contributed by atoms with E-state index in [4.69, 9.17) is 4.74 Å². The Bertz CT molecular complexity index is 183. The summed E-state index contributed by atoms with van der Waals surface area (Å²) in [5.74, 6) is 0.962. The van der Waals surface area contributed by atoms with Crippen LogP contribution in [0.4, 0.5) is 0 Å². The van der Waals surface area contributed by atoms with Crippen LogP contribution in [0.25, 0.3) is 0 Å². The lowest BCUT2D eigenvalue weighted by atomic mass is 10.1. The smallest absolute Gasteiger partial charge is 0.0589 e. The van der Waals surface area contributed by atoms with E-state index in [-0.39, 0.29) is 0 Å². The Balaban J connectivity index is 2.15. The number of nitrogens with one attached hydrogen (secondary N) is 1. The Hall–Kier alpha value is -0.120. The fraction of sp³-hybridized carbons (Fsp3) is 1.00. The van der Waals surface area contributed by atoms with Crippen LogP contribution >= 0.6 is 0 Å². The van der Waals surface area contributed by atoms with Crippen molar-refractivity contribution in [2.24, 2.45) is 5.92 Å². The Labute approximate surface area is 107 Å². The van der Waals surface area contributed by atoms with Crippen LogP contribution in [0.5, 0.6) is 0 Å². The molecule has 1 aliphatic rings. The second kappa shape index (κ2) is 8.90. The first-order valence-electron chi connectivity index (χ1n) is 7.17. The number of ether oxygens (including phenoxy) is 1. The van der Waals surface area contributed by atoms with Gasteiger partial charge in [-0.15, -0.1) is 0 Å². The fourth-order valence-corrected chi connectivity index (χ4v) is 2.40. The normalized spacial score (nSPS) is 17.6. The van der Waals surface area contributed by atoms with Gasteiger partial charge in [0.15, 0.2) is 0 Å². The van der Waals surface area contributed by atoms with Crippen LogP contribution in [-0.2, 0) is 4.74 Å². The van der Waals surface area contributed by atoms with Crippen molar-refractivity contribution in [2.75, 3.05) is 40.4 Å². The minimum Gasteiger partial charge on any atom is -0.383 e. The van der Waals surface area contributed by atoms with Crippen molar-refractivity contribution >= 4 is 0 Å². The van der Waals surface area contributed by atoms with Gasteiger partial charge in [0.25, 0.3) is 0 Å². The summed E-state index contributed by atoms with van der Waals surface area (Å²) < 4.78 is 5.22. The van der Waals surface area contributed by atoms with Gasteiger partial charge >= 0.3 is 0 Å². The Morgan fingerprint density at radius 1 is 1.24 bits per heavy atom. The highest BCUT2D eigenvalue weighted by Crippen LogP contribution is 2.35. The quantitative estimate of drug-likeness (QED) is 0.562. The van der Waals surface area contributed by atoms with Crippen molar-refractivity contribution in [1.29, 1.82) is 0 Å². The van der Waals surface area contributed by atoms with Gasteiger partial charge in [0, 0.05) is 19.7 Å². The molecule has 1 aliphatic carbocycles. The maximum Gasteiger partial charge on any atom is 0.0589 e. The molecule has 1 fully saturated rings. The van der Waals surface area contributed by atoms with E-state index in [0.717, 1.165) is 31.7 Å². The average molecular weight is 242 g/mol. The molecule has 102 valence electrons. The topological polar surface area (TPSA) is 24.5 Å². The van der Waals surface area contributed by atoms with Crippen LogP contribution in [-0.4, -0.2) is 51.3 Å². The molecule has 0 saturated heterocycles. The molecular formula is C14H30N2O. The second-order valence-corrected chi connectivity index (χ2v) is 5.27. The third-order valence-corrected chi connectivity index (χ3v) is 3.83. The highest BCUT2D eigenvalue weighted by molar-refractivity contribution is 4.85. The summed E-state index contributed by atoms with van der Waals surface area (Å²) in [6.07, 6.45) is 6.82. The predicted molar refractivity (Wildman–Crippen MR) is 73.4 cm³/mol. The van der Waals surface area contributed by atoms with Crippen LogP contribution in [0, 0.1) is 5.92 Å². The molecule has 17 heavy (non-hydrogen) atoms. The van der Waals surface area contributed by atoms with Crippen molar-refractivity contribution in [3.8, 4) is 0 Å². The van der Waals surface area contributed by atoms with Crippen molar-refractivity contribution in [3.05, 3.63) is 0 Å². The maximum absolute atomic E-state index is 5.22. The Morgan fingerprint density at radius 3 is 2.59 bits per heavy atom. The zero-order chi connectivity index (χ0) is 12.5. The van der Waals surface area contributed by atoms with E-state index in [1.54, 1.807) is 7.11 Å². The molecule has 1 saturated carbocycles. The van der Waals surface area contributed by atoms with E-state index in [1.807, 2.05) is 7.05 Å². The fourth-order valence-electron chi connectivity index (χ4n) is 2.40. The summed E-state index contributed by atoms with van der Waals surface area (Å²) in [5, 5.41) is 3.21. The van der Waals surface area contributed by atoms with Gasteiger partial charge in [-0.05, 0) is 58.7 Å². The van der Waals surface area contributed by atoms with E-state index >= 15 is 0 Å². The molecule has 0 bridgehead atoms. The molecule has 1 unspecified atom stereocenters. The van der Waals surface area contributed by atoms with Gasteiger partial charge in [-0.2, -0.15) is 0 Å². The van der Waals surface area contributed by atoms with Crippen LogP contribution in [0.1, 0.15) is 39.0 Å². The summed E-state index contributed by atoms with van der Waals surface area (Å²) >= 11 is 0. The lowest BCUT2D eigenvalue weighted by Crippen LogP contribution is -2.37. The van der Waals surface area contributed by atoms with E-state index in [9.17, 15) is 0 Å². The molecule has 3 heteroatoms. The monoisotopic (exact) mass is 242 g/mol. The first-order valence-corrected chi connectivity index (χ1v) is 7.17. The SMILES string of the molecule is CNCCCCCN(CCOC)C(C)C1CC1. The van der Waals surface area contributed by atoms with Gasteiger partial charge in [-0.1, -0.05) is 6.42 Å². The third kappa shape index (κ3) is 6.39. The Kier molecular flexibility index (Phi) is 7.82. The molecule has 0 amide bonds. The summed E-state index contributed by atoms with van der Waals surface area (Å²) in [6, 6.07) is 0.759. The van der Waals surface area contributed by atoms with Crippen molar-refractivity contribution in [1.82, 2.24) is 10.2 Å². The molecule has 1 rings (SSSR count). The number of methoxy groups -OCH3 is 1. The van der Waals surface area contributed by atoms with E-state index < -0.39 is 0 Å². The summed E-state index contributed by atoms with van der Waals surface area (Å²) in [7, 11) is 3.83. The number of unbranched alkanes of at least 4 members (excludes halogenated alkanes) is 2. The maximum atomic E-state index is 5.22. The molecule has 3 nitrogen and oxygen atoms in total. The molecule has 0 aromatic heterocycles. The van der Waals surface area contributed by atoms with Crippen LogP contribution in [0.15, 0.2) is 0 Å². The van der Waals surface area contributed by atoms with Gasteiger partial charge in [0.05, 0.1) is 6.61 Å². The van der Waals surface area contributed by atoms with E-state index in [0.29, 0.717) is 0 Å². The zero-order valence-corrected chi connectivity index (χ0v) is 11.9. The van der Waals surface area contributed by atoms with Gasteiger partial charge in [-0.3, -0.25) is 4.90 Å². The molecule has 0 aromatic carbocycles. The van der Waals surface area contributed by atoms with Gasteiger partial charge < -0.3 is 10.1 Å². The second-order valence-electron chi connectivity index (χ2n) is 5.27. The summed E-state index contributed by atoms with van der Waals surface area (Å²) in [6.45, 7) is 6.75. The molecule has 0 spiro atoms. The largest absolute Gasteiger partial charge is 0.383 e. The summed E-state index contributed by atoms with van der Waals surface area (Å²) in [4.78, 5) is 2.63. The first-order chi connectivity index (χ1) is 8.29. The van der Waals surface area contributed by atoms with Gasteiger partial charge in [-0.25, -0.2) is 0 Å².